The van der Waals surface area contributed by atoms with Crippen LogP contribution < -0.4 is 10.1 Å². The maximum absolute atomic E-state index is 12.1. The molecule has 1 amide bonds. The number of anilines is 1. The van der Waals surface area contributed by atoms with E-state index in [1.54, 1.807) is 7.11 Å². The first-order valence-corrected chi connectivity index (χ1v) is 9.06. The number of nitrogens with zero attached hydrogens (tertiary/aromatic N) is 2. The molecule has 3 rings (SSSR count). The van der Waals surface area contributed by atoms with Crippen molar-refractivity contribution in [2.75, 3.05) is 18.2 Å². The highest BCUT2D eigenvalue weighted by atomic mass is 32.2. The van der Waals surface area contributed by atoms with Crippen molar-refractivity contribution < 1.29 is 13.9 Å². The fourth-order valence-electron chi connectivity index (χ4n) is 2.36. The summed E-state index contributed by atoms with van der Waals surface area (Å²) in [6.45, 7) is 1.92. The van der Waals surface area contributed by atoms with Crippen LogP contribution in [0.4, 0.5) is 5.69 Å². The van der Waals surface area contributed by atoms with E-state index < -0.39 is 0 Å². The minimum absolute atomic E-state index is 0.133. The summed E-state index contributed by atoms with van der Waals surface area (Å²) < 4.78 is 10.7. The Balaban J connectivity index is 1.52. The van der Waals surface area contributed by atoms with E-state index in [2.05, 4.69) is 15.5 Å². The molecule has 3 aromatic rings. The standard InChI is InChI=1S/C19H19N3O3S/c1-13-10-15(24-2)8-9-16(13)20-17(23)12-26-19-22-21-18(25-19)11-14-6-4-3-5-7-14/h3-10H,11-12H2,1-2H3,(H,20,23). The largest absolute Gasteiger partial charge is 0.497 e. The predicted octanol–water partition coefficient (Wildman–Crippen LogP) is 3.71. The summed E-state index contributed by atoms with van der Waals surface area (Å²) in [6, 6.07) is 15.4. The molecule has 134 valence electrons. The van der Waals surface area contributed by atoms with Gasteiger partial charge in [-0.15, -0.1) is 10.2 Å². The summed E-state index contributed by atoms with van der Waals surface area (Å²) >= 11 is 1.22. The zero-order valence-electron chi connectivity index (χ0n) is 14.6. The third kappa shape index (κ3) is 4.86. The highest BCUT2D eigenvalue weighted by Crippen LogP contribution is 2.22. The molecule has 0 aliphatic heterocycles. The van der Waals surface area contributed by atoms with Crippen LogP contribution in [-0.2, 0) is 11.2 Å². The van der Waals surface area contributed by atoms with Crippen LogP contribution in [0.3, 0.4) is 0 Å². The zero-order chi connectivity index (χ0) is 18.4. The number of ether oxygens (including phenoxy) is 1. The molecule has 1 aromatic heterocycles. The molecule has 1 N–H and O–H groups in total. The number of hydrogen-bond donors (Lipinski definition) is 1. The molecule has 0 fully saturated rings. The minimum atomic E-state index is -0.133. The smallest absolute Gasteiger partial charge is 0.277 e. The molecule has 7 heteroatoms. The normalized spacial score (nSPS) is 10.5. The van der Waals surface area contributed by atoms with Crippen LogP contribution >= 0.6 is 11.8 Å². The van der Waals surface area contributed by atoms with E-state index in [1.165, 1.54) is 11.8 Å². The number of methoxy groups -OCH3 is 1. The van der Waals surface area contributed by atoms with Gasteiger partial charge < -0.3 is 14.5 Å². The Kier molecular flexibility index (Phi) is 5.91. The van der Waals surface area contributed by atoms with E-state index in [4.69, 9.17) is 9.15 Å². The van der Waals surface area contributed by atoms with Crippen molar-refractivity contribution in [1.29, 1.82) is 0 Å². The van der Waals surface area contributed by atoms with Gasteiger partial charge in [0.1, 0.15) is 5.75 Å². The number of rotatable bonds is 7. The first-order chi connectivity index (χ1) is 12.6. The van der Waals surface area contributed by atoms with Crippen LogP contribution in [0, 0.1) is 6.92 Å². The monoisotopic (exact) mass is 369 g/mol. The Morgan fingerprint density at radius 2 is 2.00 bits per heavy atom. The van der Waals surface area contributed by atoms with Crippen LogP contribution in [0.5, 0.6) is 5.75 Å². The van der Waals surface area contributed by atoms with Gasteiger partial charge in [0.15, 0.2) is 0 Å². The van der Waals surface area contributed by atoms with Crippen molar-refractivity contribution >= 4 is 23.4 Å². The van der Waals surface area contributed by atoms with Crippen molar-refractivity contribution in [2.24, 2.45) is 0 Å². The van der Waals surface area contributed by atoms with E-state index in [-0.39, 0.29) is 11.7 Å². The molecular formula is C19H19N3O3S. The van der Waals surface area contributed by atoms with Crippen LogP contribution in [0.2, 0.25) is 0 Å². The lowest BCUT2D eigenvalue weighted by Crippen LogP contribution is -2.14. The summed E-state index contributed by atoms with van der Waals surface area (Å²) in [6.07, 6.45) is 0.575. The zero-order valence-corrected chi connectivity index (χ0v) is 15.4. The number of nitrogens with one attached hydrogen (secondary N) is 1. The predicted molar refractivity (Wildman–Crippen MR) is 101 cm³/mol. The Morgan fingerprint density at radius 1 is 1.19 bits per heavy atom. The van der Waals surface area contributed by atoms with Crippen molar-refractivity contribution in [3.63, 3.8) is 0 Å². The van der Waals surface area contributed by atoms with Crippen LogP contribution in [0.15, 0.2) is 58.2 Å². The Labute approximate surface area is 156 Å². The number of hydrogen-bond acceptors (Lipinski definition) is 6. The molecule has 0 spiro atoms. The van der Waals surface area contributed by atoms with E-state index in [1.807, 2.05) is 55.5 Å². The first kappa shape index (κ1) is 18.0. The molecule has 0 atom stereocenters. The molecule has 0 saturated heterocycles. The SMILES string of the molecule is COc1ccc(NC(=O)CSc2nnc(Cc3ccccc3)o2)c(C)c1. The Morgan fingerprint density at radius 3 is 2.73 bits per heavy atom. The van der Waals surface area contributed by atoms with Crippen LogP contribution in [0.1, 0.15) is 17.0 Å². The number of benzene rings is 2. The quantitative estimate of drug-likeness (QED) is 0.640. The highest BCUT2D eigenvalue weighted by Gasteiger charge is 2.11. The van der Waals surface area contributed by atoms with Crippen molar-refractivity contribution in [1.82, 2.24) is 10.2 Å². The second-order valence-corrected chi connectivity index (χ2v) is 6.57. The average Bonchev–Trinajstić information content (AvgIpc) is 3.10. The Hall–Kier alpha value is -2.80. The minimum Gasteiger partial charge on any atom is -0.497 e. The van der Waals surface area contributed by atoms with E-state index >= 15 is 0 Å². The lowest BCUT2D eigenvalue weighted by atomic mass is 10.2. The van der Waals surface area contributed by atoms with Gasteiger partial charge in [-0.2, -0.15) is 0 Å². The van der Waals surface area contributed by atoms with Gasteiger partial charge in [-0.25, -0.2) is 0 Å². The molecule has 0 aliphatic rings. The van der Waals surface area contributed by atoms with Gasteiger partial charge in [-0.3, -0.25) is 4.79 Å². The number of aryl methyl sites for hydroxylation is 1. The number of thioether (sulfide) groups is 1. The summed E-state index contributed by atoms with van der Waals surface area (Å²) in [7, 11) is 1.61. The fraction of sp³-hybridized carbons (Fsp3) is 0.211. The summed E-state index contributed by atoms with van der Waals surface area (Å²) in [4.78, 5) is 12.1. The maximum Gasteiger partial charge on any atom is 0.277 e. The highest BCUT2D eigenvalue weighted by molar-refractivity contribution is 7.99. The van der Waals surface area contributed by atoms with Crippen molar-refractivity contribution in [2.45, 2.75) is 18.6 Å². The van der Waals surface area contributed by atoms with Crippen molar-refractivity contribution in [3.05, 3.63) is 65.5 Å². The molecule has 6 nitrogen and oxygen atoms in total. The van der Waals surface area contributed by atoms with Gasteiger partial charge in [0, 0.05) is 5.69 Å². The molecule has 0 unspecified atom stereocenters. The second-order valence-electron chi connectivity index (χ2n) is 5.64. The third-order valence-electron chi connectivity index (χ3n) is 3.68. The molecule has 0 bridgehead atoms. The van der Waals surface area contributed by atoms with Gasteiger partial charge in [-0.05, 0) is 36.2 Å². The Bertz CT molecular complexity index is 881. The maximum atomic E-state index is 12.1. The van der Waals surface area contributed by atoms with Gasteiger partial charge in [-0.1, -0.05) is 42.1 Å². The molecular weight excluding hydrogens is 350 g/mol. The van der Waals surface area contributed by atoms with Crippen molar-refractivity contribution in [3.8, 4) is 5.75 Å². The van der Waals surface area contributed by atoms with Gasteiger partial charge in [0.2, 0.25) is 11.8 Å². The molecule has 26 heavy (non-hydrogen) atoms. The first-order valence-electron chi connectivity index (χ1n) is 8.07. The molecule has 0 radical (unpaired) electrons. The molecule has 0 saturated carbocycles. The van der Waals surface area contributed by atoms with Gasteiger partial charge in [0.05, 0.1) is 19.3 Å². The van der Waals surface area contributed by atoms with E-state index in [0.717, 1.165) is 22.6 Å². The third-order valence-corrected chi connectivity index (χ3v) is 4.50. The van der Waals surface area contributed by atoms with Crippen LogP contribution in [0.25, 0.3) is 0 Å². The van der Waals surface area contributed by atoms with Gasteiger partial charge in [0.25, 0.3) is 5.22 Å². The number of aromatic nitrogens is 2. The van der Waals surface area contributed by atoms with Crippen LogP contribution in [-0.4, -0.2) is 29.0 Å². The van der Waals surface area contributed by atoms with Gasteiger partial charge >= 0.3 is 0 Å². The average molecular weight is 369 g/mol. The molecule has 2 aromatic carbocycles. The molecule has 1 heterocycles. The lowest BCUT2D eigenvalue weighted by molar-refractivity contribution is -0.113. The summed E-state index contributed by atoms with van der Waals surface area (Å²) in [5.41, 5.74) is 2.79. The lowest BCUT2D eigenvalue weighted by Gasteiger charge is -2.09. The number of amides is 1. The van der Waals surface area contributed by atoms with E-state index in [0.29, 0.717) is 17.5 Å². The number of carbonyl (C=O) groups is 1. The number of carbonyl (C=O) groups excluding carboxylic acids is 1. The second kappa shape index (κ2) is 8.53. The topological polar surface area (TPSA) is 77.2 Å². The molecule has 0 aliphatic carbocycles. The fourth-order valence-corrected chi connectivity index (χ4v) is 2.94. The summed E-state index contributed by atoms with van der Waals surface area (Å²) in [5.74, 6) is 1.35. The van der Waals surface area contributed by atoms with E-state index in [9.17, 15) is 4.79 Å². The summed E-state index contributed by atoms with van der Waals surface area (Å²) in [5, 5.41) is 11.3.